The van der Waals surface area contributed by atoms with Crippen LogP contribution in [0.4, 0.5) is 0 Å². The minimum Gasteiger partial charge on any atom is -0.382 e. The van der Waals surface area contributed by atoms with Gasteiger partial charge in [-0.25, -0.2) is 0 Å². The predicted octanol–water partition coefficient (Wildman–Crippen LogP) is -0.189. The molecule has 0 spiro atoms. The van der Waals surface area contributed by atoms with E-state index >= 15 is 0 Å². The molecule has 0 atom stereocenters. The molecule has 18 heavy (non-hydrogen) atoms. The van der Waals surface area contributed by atoms with Gasteiger partial charge in [0, 0.05) is 13.2 Å². The lowest BCUT2D eigenvalue weighted by molar-refractivity contribution is 0.146. The molecule has 0 fully saturated rings. The number of hydrogen-bond donors (Lipinski definition) is 4. The maximum absolute atomic E-state index is 5.28. The lowest BCUT2D eigenvalue weighted by Crippen LogP contribution is -2.27. The Balaban J connectivity index is 4.24. The number of nitrogens with one attached hydrogen (secondary N) is 2. The molecule has 0 bridgehead atoms. The molecule has 0 radical (unpaired) electrons. The Bertz CT molecular complexity index is 331. The fourth-order valence-corrected chi connectivity index (χ4v) is 1.04. The summed E-state index contributed by atoms with van der Waals surface area (Å²) in [5.41, 5.74) is 16.1. The number of nitrogens with zero attached hydrogens (tertiary/aromatic N) is 2. The summed E-state index contributed by atoms with van der Waals surface area (Å²) in [6.45, 7) is 3.28. The van der Waals surface area contributed by atoms with E-state index in [-0.39, 0.29) is 10.2 Å². The Hall–Kier alpha value is -1.32. The Morgan fingerprint density at radius 1 is 1.28 bits per heavy atom. The average Bonchev–Trinajstić information content (AvgIpc) is 2.30. The van der Waals surface area contributed by atoms with Crippen LogP contribution in [0.3, 0.4) is 0 Å². The maximum atomic E-state index is 5.28. The van der Waals surface area contributed by atoms with E-state index < -0.39 is 0 Å². The highest BCUT2D eigenvalue weighted by atomic mass is 32.1. The van der Waals surface area contributed by atoms with Crippen molar-refractivity contribution in [3.8, 4) is 0 Å². The quantitative estimate of drug-likeness (QED) is 0.212. The van der Waals surface area contributed by atoms with Crippen LogP contribution in [0, 0.1) is 0 Å². The minimum atomic E-state index is 0.0854. The van der Waals surface area contributed by atoms with Crippen LogP contribution in [0.1, 0.15) is 19.8 Å². The van der Waals surface area contributed by atoms with Gasteiger partial charge in [0.2, 0.25) is 0 Å². The molecular weight excluding hydrogens is 272 g/mol. The van der Waals surface area contributed by atoms with Gasteiger partial charge in [-0.2, -0.15) is 10.2 Å². The summed E-state index contributed by atoms with van der Waals surface area (Å²) in [4.78, 5) is 0. The zero-order valence-electron chi connectivity index (χ0n) is 10.2. The molecule has 9 heteroatoms. The fraction of sp³-hybridized carbons (Fsp3) is 0.556. The van der Waals surface area contributed by atoms with Gasteiger partial charge in [-0.1, -0.05) is 0 Å². The number of hydrogen-bond acceptors (Lipinski definition) is 5. The summed E-state index contributed by atoms with van der Waals surface area (Å²) < 4.78 is 5.23. The molecule has 0 rings (SSSR count). The fourth-order valence-electron chi connectivity index (χ4n) is 0.946. The van der Waals surface area contributed by atoms with E-state index in [1.807, 2.05) is 6.92 Å². The molecule has 0 aliphatic heterocycles. The van der Waals surface area contributed by atoms with Crippen LogP contribution in [0.5, 0.6) is 0 Å². The largest absolute Gasteiger partial charge is 0.382 e. The molecular formula is C9H18N6OS2. The molecule has 0 aromatic heterocycles. The van der Waals surface area contributed by atoms with Gasteiger partial charge < -0.3 is 16.2 Å². The second-order valence-corrected chi connectivity index (χ2v) is 3.99. The smallest absolute Gasteiger partial charge is 0.184 e. The van der Waals surface area contributed by atoms with Crippen molar-refractivity contribution in [1.82, 2.24) is 10.9 Å². The van der Waals surface area contributed by atoms with Gasteiger partial charge in [0.25, 0.3) is 0 Å². The van der Waals surface area contributed by atoms with E-state index in [2.05, 4.69) is 45.5 Å². The van der Waals surface area contributed by atoms with E-state index in [4.69, 9.17) is 16.2 Å². The van der Waals surface area contributed by atoms with Gasteiger partial charge >= 0.3 is 0 Å². The molecule has 102 valence electrons. The summed E-state index contributed by atoms with van der Waals surface area (Å²) in [5.74, 6) is 0. The standard InChI is InChI=1S/C9H18N6OS2/c1-2-16-5-3-4-7(13-15-9(11)18)6-12-14-8(10)17/h6H,2-5H2,1H3,(H3,10,14,17)(H3,11,15,18). The molecule has 0 aromatic rings. The molecule has 0 saturated heterocycles. The molecule has 0 unspecified atom stereocenters. The van der Waals surface area contributed by atoms with Crippen molar-refractivity contribution in [3.05, 3.63) is 0 Å². The van der Waals surface area contributed by atoms with Crippen LogP contribution in [0.15, 0.2) is 10.2 Å². The van der Waals surface area contributed by atoms with Crippen LogP contribution >= 0.6 is 24.4 Å². The lowest BCUT2D eigenvalue weighted by atomic mass is 10.2. The number of hydrazone groups is 2. The molecule has 0 saturated carbocycles. The Morgan fingerprint density at radius 3 is 2.50 bits per heavy atom. The first-order valence-corrected chi connectivity index (χ1v) is 6.16. The van der Waals surface area contributed by atoms with E-state index in [0.29, 0.717) is 25.3 Å². The van der Waals surface area contributed by atoms with Crippen LogP contribution in [-0.2, 0) is 4.74 Å². The summed E-state index contributed by atoms with van der Waals surface area (Å²) in [6, 6.07) is 0. The first-order chi connectivity index (χ1) is 8.56. The molecule has 0 aliphatic carbocycles. The zero-order valence-corrected chi connectivity index (χ0v) is 11.8. The number of ether oxygens (including phenoxy) is 1. The third kappa shape index (κ3) is 11.2. The molecule has 0 amide bonds. The van der Waals surface area contributed by atoms with Gasteiger partial charge in [0.05, 0.1) is 11.9 Å². The van der Waals surface area contributed by atoms with E-state index in [0.717, 1.165) is 6.42 Å². The second-order valence-electron chi connectivity index (χ2n) is 3.11. The predicted molar refractivity (Wildman–Crippen MR) is 81.5 cm³/mol. The maximum Gasteiger partial charge on any atom is 0.184 e. The third-order valence-electron chi connectivity index (χ3n) is 1.62. The zero-order chi connectivity index (χ0) is 13.8. The molecule has 6 N–H and O–H groups in total. The minimum absolute atomic E-state index is 0.0854. The van der Waals surface area contributed by atoms with E-state index in [1.54, 1.807) is 0 Å². The van der Waals surface area contributed by atoms with Crippen molar-refractivity contribution < 1.29 is 4.74 Å². The summed E-state index contributed by atoms with van der Waals surface area (Å²) >= 11 is 9.27. The SMILES string of the molecule is CCOCCCC(C=NNC(N)=S)=NNC(N)=S. The number of nitrogens with two attached hydrogens (primary N) is 2. The molecule has 0 heterocycles. The van der Waals surface area contributed by atoms with E-state index in [9.17, 15) is 0 Å². The molecule has 0 aliphatic rings. The van der Waals surface area contributed by atoms with Crippen LogP contribution in [0.2, 0.25) is 0 Å². The number of thiocarbonyl (C=S) groups is 2. The summed E-state index contributed by atoms with van der Waals surface area (Å²) in [6.07, 6.45) is 2.97. The van der Waals surface area contributed by atoms with Crippen molar-refractivity contribution in [2.75, 3.05) is 13.2 Å². The monoisotopic (exact) mass is 290 g/mol. The van der Waals surface area contributed by atoms with Gasteiger partial charge in [-0.3, -0.25) is 10.9 Å². The van der Waals surface area contributed by atoms with Crippen LogP contribution in [0.25, 0.3) is 0 Å². The van der Waals surface area contributed by atoms with Crippen molar-refractivity contribution in [2.45, 2.75) is 19.8 Å². The second kappa shape index (κ2) is 10.8. The lowest BCUT2D eigenvalue weighted by Gasteiger charge is -2.03. The summed E-state index contributed by atoms with van der Waals surface area (Å²) in [5, 5.41) is 7.98. The third-order valence-corrected chi connectivity index (χ3v) is 1.81. The van der Waals surface area contributed by atoms with Crippen LogP contribution < -0.4 is 22.3 Å². The molecule has 7 nitrogen and oxygen atoms in total. The highest BCUT2D eigenvalue weighted by Gasteiger charge is 1.97. The van der Waals surface area contributed by atoms with Gasteiger partial charge in [-0.15, -0.1) is 0 Å². The Kier molecular flexibility index (Phi) is 10.0. The van der Waals surface area contributed by atoms with Gasteiger partial charge in [0.15, 0.2) is 10.2 Å². The van der Waals surface area contributed by atoms with Crippen molar-refractivity contribution in [3.63, 3.8) is 0 Å². The van der Waals surface area contributed by atoms with Crippen molar-refractivity contribution in [1.29, 1.82) is 0 Å². The number of rotatable bonds is 8. The summed E-state index contributed by atoms with van der Waals surface area (Å²) in [7, 11) is 0. The first-order valence-electron chi connectivity index (χ1n) is 5.34. The Morgan fingerprint density at radius 2 is 1.94 bits per heavy atom. The van der Waals surface area contributed by atoms with Gasteiger partial charge in [-0.05, 0) is 44.2 Å². The van der Waals surface area contributed by atoms with Gasteiger partial charge in [0.1, 0.15) is 0 Å². The van der Waals surface area contributed by atoms with Crippen LogP contribution in [-0.4, -0.2) is 35.4 Å². The first kappa shape index (κ1) is 16.7. The Labute approximate surface area is 117 Å². The molecule has 0 aromatic carbocycles. The normalized spacial score (nSPS) is 11.5. The highest BCUT2D eigenvalue weighted by Crippen LogP contribution is 1.92. The highest BCUT2D eigenvalue weighted by molar-refractivity contribution is 7.80. The van der Waals surface area contributed by atoms with E-state index in [1.165, 1.54) is 6.21 Å². The van der Waals surface area contributed by atoms with Crippen molar-refractivity contribution in [2.24, 2.45) is 21.7 Å². The van der Waals surface area contributed by atoms with Crippen molar-refractivity contribution >= 4 is 46.6 Å². The average molecular weight is 290 g/mol. The topological polar surface area (TPSA) is 110 Å².